The van der Waals surface area contributed by atoms with E-state index in [0.717, 1.165) is 82.8 Å². The van der Waals surface area contributed by atoms with Crippen molar-refractivity contribution >= 4 is 76.8 Å². The molecule has 11 aromatic rings. The van der Waals surface area contributed by atoms with E-state index in [2.05, 4.69) is 145 Å². The third-order valence-corrected chi connectivity index (χ3v) is 11.2. The van der Waals surface area contributed by atoms with E-state index in [1.165, 1.54) is 10.8 Å². The molecule has 8 aromatic carbocycles. The molecule has 0 aliphatic rings. The molecule has 6 nitrogen and oxygen atoms in total. The molecular formula is C51H28N6. The molecule has 3 heterocycles. The summed E-state index contributed by atoms with van der Waals surface area (Å²) in [6.07, 6.45) is 0. The van der Waals surface area contributed by atoms with E-state index in [9.17, 15) is 5.26 Å². The van der Waals surface area contributed by atoms with E-state index < -0.39 is 0 Å². The van der Waals surface area contributed by atoms with Crippen molar-refractivity contribution in [3.8, 4) is 34.3 Å². The summed E-state index contributed by atoms with van der Waals surface area (Å²) in [5.41, 5.74) is 12.3. The Labute approximate surface area is 327 Å². The van der Waals surface area contributed by atoms with Gasteiger partial charge in [-0.1, -0.05) is 84.9 Å². The van der Waals surface area contributed by atoms with Crippen LogP contribution in [0.1, 0.15) is 5.56 Å². The Hall–Kier alpha value is -8.37. The molecule has 262 valence electrons. The zero-order valence-corrected chi connectivity index (χ0v) is 30.3. The molecule has 0 bridgehead atoms. The third kappa shape index (κ3) is 4.74. The lowest BCUT2D eigenvalue weighted by molar-refractivity contribution is 1.17. The summed E-state index contributed by atoms with van der Waals surface area (Å²) in [7, 11) is 0. The maximum atomic E-state index is 10.5. The van der Waals surface area contributed by atoms with Gasteiger partial charge in [-0.15, -0.1) is 0 Å². The van der Waals surface area contributed by atoms with Crippen molar-refractivity contribution in [2.45, 2.75) is 0 Å². The number of fused-ring (bicyclic) bond motifs is 9. The monoisotopic (exact) mass is 724 g/mol. The van der Waals surface area contributed by atoms with Crippen molar-refractivity contribution in [3.63, 3.8) is 0 Å². The van der Waals surface area contributed by atoms with Gasteiger partial charge in [0.1, 0.15) is 0 Å². The van der Waals surface area contributed by atoms with Crippen molar-refractivity contribution in [2.24, 2.45) is 0 Å². The van der Waals surface area contributed by atoms with Crippen LogP contribution in [-0.4, -0.2) is 13.7 Å². The van der Waals surface area contributed by atoms with Crippen molar-refractivity contribution in [1.82, 2.24) is 13.7 Å². The lowest BCUT2D eigenvalue weighted by Crippen LogP contribution is -1.98. The van der Waals surface area contributed by atoms with Gasteiger partial charge in [-0.2, -0.15) is 5.26 Å². The first kappa shape index (κ1) is 32.1. The highest BCUT2D eigenvalue weighted by molar-refractivity contribution is 6.16. The zero-order chi connectivity index (χ0) is 38.2. The molecule has 0 amide bonds. The minimum absolute atomic E-state index is 0.489. The van der Waals surface area contributed by atoms with Crippen LogP contribution in [0.2, 0.25) is 0 Å². The molecule has 0 unspecified atom stereocenters. The highest BCUT2D eigenvalue weighted by Crippen LogP contribution is 2.42. The van der Waals surface area contributed by atoms with Gasteiger partial charge in [0.2, 0.25) is 0 Å². The second-order valence-electron chi connectivity index (χ2n) is 14.3. The minimum Gasteiger partial charge on any atom is -0.311 e. The predicted molar refractivity (Wildman–Crippen MR) is 232 cm³/mol. The standard InChI is InChI=1S/C51H28N6/c1-53-35-22-23-48-43(30-35)41-14-5-7-16-44(41)55(48)38-28-34(26-36(29-38)54-2)33-24-32(31-52)25-37(27-33)56-47-19-10-6-15-42(47)51-49(56)20-11-21-50(51)57-45-17-8-3-12-39(45)40-13-4-9-18-46(40)57/h3-30H. The fourth-order valence-corrected chi connectivity index (χ4v) is 8.88. The third-order valence-electron chi connectivity index (χ3n) is 11.2. The maximum absolute atomic E-state index is 10.5. The Kier molecular flexibility index (Phi) is 6.95. The summed E-state index contributed by atoms with van der Waals surface area (Å²) in [4.78, 5) is 7.60. The molecule has 3 aromatic heterocycles. The van der Waals surface area contributed by atoms with Gasteiger partial charge in [0.05, 0.1) is 63.6 Å². The summed E-state index contributed by atoms with van der Waals surface area (Å²) in [6, 6.07) is 60.3. The summed E-state index contributed by atoms with van der Waals surface area (Å²) in [6.45, 7) is 15.7. The largest absolute Gasteiger partial charge is 0.311 e. The van der Waals surface area contributed by atoms with E-state index in [0.29, 0.717) is 16.9 Å². The van der Waals surface area contributed by atoms with Crippen LogP contribution in [0.3, 0.4) is 0 Å². The van der Waals surface area contributed by atoms with Crippen LogP contribution in [0.4, 0.5) is 11.4 Å². The van der Waals surface area contributed by atoms with Crippen LogP contribution >= 0.6 is 0 Å². The lowest BCUT2D eigenvalue weighted by Gasteiger charge is -2.15. The van der Waals surface area contributed by atoms with Gasteiger partial charge in [-0.05, 0) is 101 Å². The second kappa shape index (κ2) is 12.3. The van der Waals surface area contributed by atoms with E-state index in [1.54, 1.807) is 0 Å². The van der Waals surface area contributed by atoms with Gasteiger partial charge in [0.25, 0.3) is 0 Å². The molecule has 0 N–H and O–H groups in total. The van der Waals surface area contributed by atoms with Crippen molar-refractivity contribution in [3.05, 3.63) is 198 Å². The fraction of sp³-hybridized carbons (Fsp3) is 0. The number of nitrogens with zero attached hydrogens (tertiary/aromatic N) is 6. The molecule has 0 spiro atoms. The van der Waals surface area contributed by atoms with Gasteiger partial charge >= 0.3 is 0 Å². The van der Waals surface area contributed by atoms with Gasteiger partial charge < -0.3 is 13.7 Å². The number of aromatic nitrogens is 3. The number of hydrogen-bond donors (Lipinski definition) is 0. The quantitative estimate of drug-likeness (QED) is 0.167. The van der Waals surface area contributed by atoms with Gasteiger partial charge in [0, 0.05) is 38.3 Å². The first-order valence-corrected chi connectivity index (χ1v) is 18.6. The van der Waals surface area contributed by atoms with E-state index in [4.69, 9.17) is 13.1 Å². The first-order chi connectivity index (χ1) is 28.1. The van der Waals surface area contributed by atoms with Crippen molar-refractivity contribution in [1.29, 1.82) is 5.26 Å². The molecule has 0 saturated heterocycles. The number of hydrogen-bond acceptors (Lipinski definition) is 1. The Morgan fingerprint density at radius 3 is 1.56 bits per heavy atom. The average molecular weight is 725 g/mol. The maximum Gasteiger partial charge on any atom is 0.189 e. The van der Waals surface area contributed by atoms with Gasteiger partial charge in [-0.25, -0.2) is 9.69 Å². The number of nitriles is 1. The normalized spacial score (nSPS) is 11.5. The molecule has 0 radical (unpaired) electrons. The number of rotatable bonds is 4. The minimum atomic E-state index is 0.489. The molecule has 0 aliphatic carbocycles. The van der Waals surface area contributed by atoms with Gasteiger partial charge in [0.15, 0.2) is 11.4 Å². The Morgan fingerprint density at radius 1 is 0.404 bits per heavy atom. The van der Waals surface area contributed by atoms with E-state index >= 15 is 0 Å². The average Bonchev–Trinajstić information content (AvgIpc) is 3.91. The predicted octanol–water partition coefficient (Wildman–Crippen LogP) is 13.6. The number of benzene rings is 8. The molecule has 0 saturated carbocycles. The van der Waals surface area contributed by atoms with Crippen molar-refractivity contribution < 1.29 is 0 Å². The molecule has 11 rings (SSSR count). The summed E-state index contributed by atoms with van der Waals surface area (Å²) < 4.78 is 6.79. The van der Waals surface area contributed by atoms with Crippen LogP contribution in [0, 0.1) is 24.5 Å². The van der Waals surface area contributed by atoms with Crippen LogP contribution in [0.5, 0.6) is 0 Å². The summed E-state index contributed by atoms with van der Waals surface area (Å²) in [5.74, 6) is 0. The molecule has 0 fully saturated rings. The zero-order valence-electron chi connectivity index (χ0n) is 30.3. The van der Waals surface area contributed by atoms with Crippen LogP contribution in [-0.2, 0) is 0 Å². The lowest BCUT2D eigenvalue weighted by atomic mass is 10.0. The van der Waals surface area contributed by atoms with E-state index in [-0.39, 0.29) is 0 Å². The second-order valence-corrected chi connectivity index (χ2v) is 14.3. The SMILES string of the molecule is [C-]#[N+]c1cc(-c2cc(C#N)cc(-n3c4ccccc4c4c(-n5c6ccccc6c6ccccc65)cccc43)c2)cc(-n2c3ccccc3c3cc([N+]#[C-])ccc32)c1. The van der Waals surface area contributed by atoms with Crippen LogP contribution in [0.15, 0.2) is 170 Å². The van der Waals surface area contributed by atoms with Crippen LogP contribution < -0.4 is 0 Å². The molecule has 6 heteroatoms. The smallest absolute Gasteiger partial charge is 0.189 e. The topological polar surface area (TPSA) is 47.3 Å². The molecule has 0 aliphatic heterocycles. The summed E-state index contributed by atoms with van der Waals surface area (Å²) >= 11 is 0. The Balaban J connectivity index is 1.16. The Morgan fingerprint density at radius 2 is 0.912 bits per heavy atom. The van der Waals surface area contributed by atoms with Crippen molar-refractivity contribution in [2.75, 3.05) is 0 Å². The molecular weight excluding hydrogens is 697 g/mol. The highest BCUT2D eigenvalue weighted by Gasteiger charge is 2.21. The number of para-hydroxylation sites is 4. The highest BCUT2D eigenvalue weighted by atomic mass is 15.0. The van der Waals surface area contributed by atoms with Gasteiger partial charge in [-0.3, -0.25) is 0 Å². The Bertz CT molecular complexity index is 3580. The fourth-order valence-electron chi connectivity index (χ4n) is 8.88. The molecule has 0 atom stereocenters. The summed E-state index contributed by atoms with van der Waals surface area (Å²) in [5, 5.41) is 17.1. The first-order valence-electron chi connectivity index (χ1n) is 18.6. The van der Waals surface area contributed by atoms with Crippen LogP contribution in [0.25, 0.3) is 103 Å². The van der Waals surface area contributed by atoms with E-state index in [1.807, 2.05) is 54.6 Å². The molecule has 57 heavy (non-hydrogen) atoms.